The summed E-state index contributed by atoms with van der Waals surface area (Å²) in [6.45, 7) is 0. The first-order valence-electron chi connectivity index (χ1n) is 6.07. The lowest BCUT2D eigenvalue weighted by Crippen LogP contribution is -2.39. The van der Waals surface area contributed by atoms with Gasteiger partial charge in [-0.25, -0.2) is 5.73 Å². The second kappa shape index (κ2) is 4.79. The van der Waals surface area contributed by atoms with Crippen molar-refractivity contribution in [1.82, 2.24) is 5.73 Å². The molecule has 1 radical (unpaired) electrons. The fourth-order valence-electron chi connectivity index (χ4n) is 2.42. The molecule has 0 amide bonds. The fraction of sp³-hybridized carbons (Fsp3) is 0.500. The molecule has 2 rings (SSSR count). The van der Waals surface area contributed by atoms with Crippen LogP contribution in [0.15, 0.2) is 30.3 Å². The van der Waals surface area contributed by atoms with Crippen LogP contribution in [0.4, 0.5) is 0 Å². The third kappa shape index (κ3) is 2.33. The first-order valence-corrected chi connectivity index (χ1v) is 6.07. The van der Waals surface area contributed by atoms with Gasteiger partial charge in [0.2, 0.25) is 0 Å². The van der Waals surface area contributed by atoms with Crippen molar-refractivity contribution < 1.29 is 4.79 Å². The van der Waals surface area contributed by atoms with E-state index in [0.717, 1.165) is 25.7 Å². The topological polar surface area (TPSA) is 40.9 Å². The number of carbonyl (C=O) groups is 1. The molecule has 1 aliphatic carbocycles. The van der Waals surface area contributed by atoms with Crippen molar-refractivity contribution in [2.24, 2.45) is 0 Å². The maximum absolute atomic E-state index is 12.3. The van der Waals surface area contributed by atoms with Crippen molar-refractivity contribution >= 4 is 5.78 Å². The van der Waals surface area contributed by atoms with Gasteiger partial charge in [0, 0.05) is 5.56 Å². The Morgan fingerprint density at radius 3 is 2.12 bits per heavy atom. The van der Waals surface area contributed by atoms with Gasteiger partial charge in [-0.15, -0.1) is 0 Å². The van der Waals surface area contributed by atoms with Crippen molar-refractivity contribution in [2.45, 2.75) is 44.1 Å². The van der Waals surface area contributed by atoms with Gasteiger partial charge >= 0.3 is 0 Å². The van der Waals surface area contributed by atoms with Crippen LogP contribution in [0.1, 0.15) is 48.9 Å². The molecule has 2 nitrogen and oxygen atoms in total. The standard InChI is InChI=1S/C14H18NO/c15-14(10-6-1-2-7-11-14)13(16)12-8-4-3-5-9-12/h3-5,8-9,15H,1-2,6-7,10-11H2. The second-order valence-electron chi connectivity index (χ2n) is 4.69. The number of hydrogen-bond donors (Lipinski definition) is 0. The molecule has 0 aliphatic heterocycles. The minimum Gasteiger partial charge on any atom is -0.292 e. The van der Waals surface area contributed by atoms with Gasteiger partial charge in [-0.05, 0) is 12.8 Å². The Bertz CT molecular complexity index is 350. The summed E-state index contributed by atoms with van der Waals surface area (Å²) in [7, 11) is 0. The van der Waals surface area contributed by atoms with Crippen LogP contribution in [-0.4, -0.2) is 11.3 Å². The van der Waals surface area contributed by atoms with E-state index in [1.54, 1.807) is 0 Å². The van der Waals surface area contributed by atoms with Gasteiger partial charge in [0.1, 0.15) is 0 Å². The molecular formula is C14H18NO. The average molecular weight is 216 g/mol. The van der Waals surface area contributed by atoms with Crippen LogP contribution in [0, 0.1) is 0 Å². The molecule has 1 N–H and O–H groups in total. The predicted molar refractivity (Wildman–Crippen MR) is 64.3 cm³/mol. The second-order valence-corrected chi connectivity index (χ2v) is 4.69. The molecule has 0 spiro atoms. The molecule has 16 heavy (non-hydrogen) atoms. The zero-order valence-electron chi connectivity index (χ0n) is 9.54. The van der Waals surface area contributed by atoms with Crippen LogP contribution in [-0.2, 0) is 0 Å². The van der Waals surface area contributed by atoms with E-state index < -0.39 is 5.54 Å². The normalized spacial score (nSPS) is 20.1. The molecule has 85 valence electrons. The van der Waals surface area contributed by atoms with Crippen LogP contribution >= 0.6 is 0 Å². The van der Waals surface area contributed by atoms with E-state index in [4.69, 9.17) is 5.73 Å². The predicted octanol–water partition coefficient (Wildman–Crippen LogP) is 3.25. The molecule has 2 heteroatoms. The molecule has 1 aliphatic rings. The Morgan fingerprint density at radius 2 is 1.56 bits per heavy atom. The van der Waals surface area contributed by atoms with E-state index in [-0.39, 0.29) is 5.78 Å². The quantitative estimate of drug-likeness (QED) is 0.552. The molecule has 1 aromatic carbocycles. The van der Waals surface area contributed by atoms with Gasteiger partial charge in [-0.2, -0.15) is 0 Å². The Balaban J connectivity index is 2.19. The minimum atomic E-state index is -0.863. The van der Waals surface area contributed by atoms with Gasteiger partial charge in [0.15, 0.2) is 5.78 Å². The monoisotopic (exact) mass is 216 g/mol. The van der Waals surface area contributed by atoms with Crippen LogP contribution in [0.2, 0.25) is 0 Å². The maximum atomic E-state index is 12.3. The van der Waals surface area contributed by atoms with Crippen LogP contribution < -0.4 is 5.73 Å². The van der Waals surface area contributed by atoms with Crippen LogP contribution in [0.3, 0.4) is 0 Å². The molecule has 1 aromatic rings. The molecular weight excluding hydrogens is 198 g/mol. The third-order valence-electron chi connectivity index (χ3n) is 3.43. The van der Waals surface area contributed by atoms with Crippen molar-refractivity contribution in [2.75, 3.05) is 0 Å². The fourth-order valence-corrected chi connectivity index (χ4v) is 2.42. The number of benzene rings is 1. The van der Waals surface area contributed by atoms with E-state index in [1.165, 1.54) is 12.8 Å². The maximum Gasteiger partial charge on any atom is 0.184 e. The highest BCUT2D eigenvalue weighted by Gasteiger charge is 2.35. The van der Waals surface area contributed by atoms with Gasteiger partial charge in [-0.1, -0.05) is 56.0 Å². The van der Waals surface area contributed by atoms with Gasteiger partial charge in [-0.3, -0.25) is 4.79 Å². The summed E-state index contributed by atoms with van der Waals surface area (Å²) in [4.78, 5) is 12.3. The van der Waals surface area contributed by atoms with E-state index >= 15 is 0 Å². The van der Waals surface area contributed by atoms with Gasteiger partial charge < -0.3 is 0 Å². The lowest BCUT2D eigenvalue weighted by molar-refractivity contribution is 0.0865. The summed E-state index contributed by atoms with van der Waals surface area (Å²) in [5.74, 6) is 0.00926. The zero-order valence-corrected chi connectivity index (χ0v) is 9.54. The minimum absolute atomic E-state index is 0.00926. The molecule has 0 aromatic heterocycles. The SMILES string of the molecule is [NH]C1(C(=O)c2ccccc2)CCCCCC1. The number of hydrogen-bond acceptors (Lipinski definition) is 1. The zero-order chi connectivity index (χ0) is 11.4. The summed E-state index contributed by atoms with van der Waals surface area (Å²) in [6, 6.07) is 9.29. The van der Waals surface area contributed by atoms with E-state index in [9.17, 15) is 4.79 Å². The summed E-state index contributed by atoms with van der Waals surface area (Å²) in [6.07, 6.45) is 5.82. The Labute approximate surface area is 96.8 Å². The average Bonchev–Trinajstić information content (AvgIpc) is 2.55. The van der Waals surface area contributed by atoms with Gasteiger partial charge in [0.05, 0.1) is 5.54 Å². The molecule has 0 saturated heterocycles. The van der Waals surface area contributed by atoms with Crippen molar-refractivity contribution in [3.63, 3.8) is 0 Å². The molecule has 0 atom stereocenters. The van der Waals surface area contributed by atoms with Crippen molar-refractivity contribution in [3.8, 4) is 0 Å². The number of Topliss-reactive ketones (excluding diaryl/α,β-unsaturated/α-hetero) is 1. The summed E-state index contributed by atoms with van der Waals surface area (Å²) >= 11 is 0. The molecule has 1 fully saturated rings. The van der Waals surface area contributed by atoms with Crippen LogP contribution in [0.5, 0.6) is 0 Å². The lowest BCUT2D eigenvalue weighted by atomic mass is 9.83. The highest BCUT2D eigenvalue weighted by molar-refractivity contribution is 6.02. The smallest absolute Gasteiger partial charge is 0.184 e. The number of nitrogens with one attached hydrogen (secondary N) is 1. The Morgan fingerprint density at radius 1 is 1.00 bits per heavy atom. The Hall–Kier alpha value is -1.15. The van der Waals surface area contributed by atoms with Crippen molar-refractivity contribution in [1.29, 1.82) is 0 Å². The van der Waals surface area contributed by atoms with Crippen LogP contribution in [0.25, 0.3) is 0 Å². The number of carbonyl (C=O) groups excluding carboxylic acids is 1. The van der Waals surface area contributed by atoms with E-state index in [2.05, 4.69) is 0 Å². The highest BCUT2D eigenvalue weighted by atomic mass is 16.1. The van der Waals surface area contributed by atoms with E-state index in [0.29, 0.717) is 5.56 Å². The van der Waals surface area contributed by atoms with Crippen molar-refractivity contribution in [3.05, 3.63) is 35.9 Å². The molecule has 0 heterocycles. The first kappa shape index (κ1) is 11.3. The summed E-state index contributed by atoms with van der Waals surface area (Å²) in [5, 5.41) is 0. The highest BCUT2D eigenvalue weighted by Crippen LogP contribution is 2.29. The van der Waals surface area contributed by atoms with E-state index in [1.807, 2.05) is 30.3 Å². The largest absolute Gasteiger partial charge is 0.292 e. The number of rotatable bonds is 2. The summed E-state index contributed by atoms with van der Waals surface area (Å²) in [5.41, 5.74) is 8.19. The lowest BCUT2D eigenvalue weighted by Gasteiger charge is -2.25. The summed E-state index contributed by atoms with van der Waals surface area (Å²) < 4.78 is 0. The number of ketones is 1. The molecule has 0 bridgehead atoms. The Kier molecular flexibility index (Phi) is 3.39. The molecule has 1 saturated carbocycles. The molecule has 0 unspecified atom stereocenters. The first-order chi connectivity index (χ1) is 7.72. The third-order valence-corrected chi connectivity index (χ3v) is 3.43. The van der Waals surface area contributed by atoms with Gasteiger partial charge in [0.25, 0.3) is 0 Å².